The van der Waals surface area contributed by atoms with Crippen LogP contribution >= 0.6 is 0 Å². The molecule has 0 spiro atoms. The van der Waals surface area contributed by atoms with Gasteiger partial charge in [0.1, 0.15) is 5.82 Å². The highest BCUT2D eigenvalue weighted by Gasteiger charge is 2.25. The van der Waals surface area contributed by atoms with Crippen LogP contribution in [0.5, 0.6) is 0 Å². The standard InChI is InChI=1S/C12H18N2O2/c1-2-3-11-13-6-8-14(11)7-4-10-5-9-16-12(10)15/h6,8,10H,2-5,7,9H2,1H3/t10-/m0/s1. The Kier molecular flexibility index (Phi) is 3.59. The van der Waals surface area contributed by atoms with Crippen molar-refractivity contribution in [3.8, 4) is 0 Å². The van der Waals surface area contributed by atoms with Crippen molar-refractivity contribution in [2.75, 3.05) is 6.61 Å². The minimum atomic E-state index is -0.0304. The van der Waals surface area contributed by atoms with E-state index < -0.39 is 0 Å². The van der Waals surface area contributed by atoms with E-state index in [0.717, 1.165) is 38.1 Å². The Balaban J connectivity index is 1.88. The third-order valence-corrected chi connectivity index (χ3v) is 3.04. The molecule has 0 aliphatic carbocycles. The van der Waals surface area contributed by atoms with Gasteiger partial charge in [-0.05, 0) is 19.3 Å². The lowest BCUT2D eigenvalue weighted by atomic mass is 10.0. The first-order chi connectivity index (χ1) is 7.81. The fraction of sp³-hybridized carbons (Fsp3) is 0.667. The zero-order valence-electron chi connectivity index (χ0n) is 9.69. The second-order valence-corrected chi connectivity index (χ2v) is 4.23. The van der Waals surface area contributed by atoms with Crippen molar-refractivity contribution in [2.45, 2.75) is 39.2 Å². The Morgan fingerprint density at radius 2 is 2.50 bits per heavy atom. The number of rotatable bonds is 5. The van der Waals surface area contributed by atoms with Crippen LogP contribution in [0.2, 0.25) is 0 Å². The van der Waals surface area contributed by atoms with Crippen LogP contribution in [0.25, 0.3) is 0 Å². The summed E-state index contributed by atoms with van der Waals surface area (Å²) in [7, 11) is 0. The van der Waals surface area contributed by atoms with Crippen LogP contribution in [0, 0.1) is 5.92 Å². The molecule has 0 bridgehead atoms. The van der Waals surface area contributed by atoms with E-state index in [-0.39, 0.29) is 11.9 Å². The van der Waals surface area contributed by atoms with E-state index in [4.69, 9.17) is 4.74 Å². The largest absolute Gasteiger partial charge is 0.465 e. The summed E-state index contributed by atoms with van der Waals surface area (Å²) >= 11 is 0. The molecule has 4 nitrogen and oxygen atoms in total. The molecule has 88 valence electrons. The van der Waals surface area contributed by atoms with Crippen molar-refractivity contribution in [3.05, 3.63) is 18.2 Å². The molecule has 1 aliphatic heterocycles. The predicted octanol–water partition coefficient (Wildman–Crippen LogP) is 1.79. The van der Waals surface area contributed by atoms with Crippen molar-refractivity contribution in [1.82, 2.24) is 9.55 Å². The lowest BCUT2D eigenvalue weighted by Gasteiger charge is -2.09. The molecule has 1 fully saturated rings. The third-order valence-electron chi connectivity index (χ3n) is 3.04. The molecule has 1 aliphatic rings. The second kappa shape index (κ2) is 5.14. The average Bonchev–Trinajstić information content (AvgIpc) is 2.86. The third kappa shape index (κ3) is 2.43. The van der Waals surface area contributed by atoms with E-state index in [1.807, 2.05) is 12.4 Å². The molecule has 0 radical (unpaired) electrons. The highest BCUT2D eigenvalue weighted by Crippen LogP contribution is 2.19. The monoisotopic (exact) mass is 222 g/mol. The number of imidazole rings is 1. The minimum Gasteiger partial charge on any atom is -0.465 e. The first kappa shape index (κ1) is 11.2. The second-order valence-electron chi connectivity index (χ2n) is 4.23. The maximum atomic E-state index is 11.3. The van der Waals surface area contributed by atoms with Crippen LogP contribution in [0.3, 0.4) is 0 Å². The van der Waals surface area contributed by atoms with Gasteiger partial charge in [-0.2, -0.15) is 0 Å². The van der Waals surface area contributed by atoms with Gasteiger partial charge in [0.05, 0.1) is 12.5 Å². The van der Waals surface area contributed by atoms with E-state index >= 15 is 0 Å². The molecule has 0 unspecified atom stereocenters. The van der Waals surface area contributed by atoms with Gasteiger partial charge in [-0.25, -0.2) is 4.98 Å². The summed E-state index contributed by atoms with van der Waals surface area (Å²) < 4.78 is 7.10. The Labute approximate surface area is 95.6 Å². The molecule has 0 saturated carbocycles. The molecule has 2 rings (SSSR count). The van der Waals surface area contributed by atoms with Crippen LogP contribution in [-0.4, -0.2) is 22.1 Å². The Morgan fingerprint density at radius 3 is 3.19 bits per heavy atom. The molecule has 1 aromatic rings. The number of hydrogen-bond acceptors (Lipinski definition) is 3. The number of carbonyl (C=O) groups is 1. The number of aromatic nitrogens is 2. The first-order valence-corrected chi connectivity index (χ1v) is 5.98. The fourth-order valence-corrected chi connectivity index (χ4v) is 2.09. The predicted molar refractivity (Wildman–Crippen MR) is 59.9 cm³/mol. The van der Waals surface area contributed by atoms with Gasteiger partial charge in [-0.15, -0.1) is 0 Å². The summed E-state index contributed by atoms with van der Waals surface area (Å²) in [5.41, 5.74) is 0. The van der Waals surface area contributed by atoms with E-state index in [0.29, 0.717) is 6.61 Å². The summed E-state index contributed by atoms with van der Waals surface area (Å²) in [6.07, 6.45) is 7.66. The number of nitrogens with zero attached hydrogens (tertiary/aromatic N) is 2. The van der Waals surface area contributed by atoms with Gasteiger partial charge in [0.15, 0.2) is 0 Å². The van der Waals surface area contributed by atoms with Gasteiger partial charge in [0, 0.05) is 25.4 Å². The van der Waals surface area contributed by atoms with Gasteiger partial charge >= 0.3 is 5.97 Å². The van der Waals surface area contributed by atoms with E-state index in [1.165, 1.54) is 0 Å². The number of hydrogen-bond donors (Lipinski definition) is 0. The molecule has 2 heterocycles. The maximum Gasteiger partial charge on any atom is 0.309 e. The lowest BCUT2D eigenvalue weighted by molar-refractivity contribution is -0.141. The van der Waals surface area contributed by atoms with Crippen LogP contribution in [-0.2, 0) is 22.5 Å². The van der Waals surface area contributed by atoms with Crippen LogP contribution < -0.4 is 0 Å². The molecule has 4 heteroatoms. The van der Waals surface area contributed by atoms with Gasteiger partial charge in [0.25, 0.3) is 0 Å². The highest BCUT2D eigenvalue weighted by atomic mass is 16.5. The van der Waals surface area contributed by atoms with Crippen molar-refractivity contribution in [2.24, 2.45) is 5.92 Å². The number of cyclic esters (lactones) is 1. The summed E-state index contributed by atoms with van der Waals surface area (Å²) in [6.45, 7) is 3.61. The van der Waals surface area contributed by atoms with E-state index in [2.05, 4.69) is 16.5 Å². The fourth-order valence-electron chi connectivity index (χ4n) is 2.09. The Morgan fingerprint density at radius 1 is 1.62 bits per heavy atom. The average molecular weight is 222 g/mol. The highest BCUT2D eigenvalue weighted by molar-refractivity contribution is 5.73. The zero-order chi connectivity index (χ0) is 11.4. The normalized spacial score (nSPS) is 20.1. The number of aryl methyl sites for hydroxylation is 2. The quantitative estimate of drug-likeness (QED) is 0.713. The van der Waals surface area contributed by atoms with Crippen LogP contribution in [0.1, 0.15) is 32.0 Å². The van der Waals surface area contributed by atoms with Gasteiger partial charge in [0.2, 0.25) is 0 Å². The topological polar surface area (TPSA) is 44.1 Å². The minimum absolute atomic E-state index is 0.0304. The lowest BCUT2D eigenvalue weighted by Crippen LogP contribution is -2.12. The summed E-state index contributed by atoms with van der Waals surface area (Å²) in [5, 5.41) is 0. The smallest absolute Gasteiger partial charge is 0.309 e. The zero-order valence-corrected chi connectivity index (χ0v) is 9.69. The molecule has 1 atom stereocenters. The number of esters is 1. The first-order valence-electron chi connectivity index (χ1n) is 5.98. The van der Waals surface area contributed by atoms with Gasteiger partial charge in [-0.1, -0.05) is 6.92 Å². The summed E-state index contributed by atoms with van der Waals surface area (Å²) in [4.78, 5) is 15.6. The SMILES string of the molecule is CCCc1nccn1CC[C@H]1CCOC1=O. The Bertz CT molecular complexity index is 360. The van der Waals surface area contributed by atoms with E-state index in [9.17, 15) is 4.79 Å². The molecular weight excluding hydrogens is 204 g/mol. The van der Waals surface area contributed by atoms with Crippen molar-refractivity contribution in [3.63, 3.8) is 0 Å². The molecule has 0 amide bonds. The molecule has 0 aromatic carbocycles. The van der Waals surface area contributed by atoms with Crippen molar-refractivity contribution in [1.29, 1.82) is 0 Å². The molecule has 1 aromatic heterocycles. The van der Waals surface area contributed by atoms with Crippen LogP contribution in [0.4, 0.5) is 0 Å². The van der Waals surface area contributed by atoms with Gasteiger partial charge in [-0.3, -0.25) is 4.79 Å². The number of ether oxygens (including phenoxy) is 1. The molecular formula is C12H18N2O2. The maximum absolute atomic E-state index is 11.3. The van der Waals surface area contributed by atoms with Crippen molar-refractivity contribution >= 4 is 5.97 Å². The summed E-state index contributed by atoms with van der Waals surface area (Å²) in [6, 6.07) is 0. The molecule has 16 heavy (non-hydrogen) atoms. The summed E-state index contributed by atoms with van der Waals surface area (Å²) in [5.74, 6) is 1.18. The van der Waals surface area contributed by atoms with E-state index in [1.54, 1.807) is 0 Å². The molecule has 1 saturated heterocycles. The number of carbonyl (C=O) groups excluding carboxylic acids is 1. The van der Waals surface area contributed by atoms with Crippen LogP contribution in [0.15, 0.2) is 12.4 Å². The van der Waals surface area contributed by atoms with Gasteiger partial charge < -0.3 is 9.30 Å². The Hall–Kier alpha value is -1.32. The molecule has 0 N–H and O–H groups in total. The van der Waals surface area contributed by atoms with Crippen molar-refractivity contribution < 1.29 is 9.53 Å².